The first-order valence-corrected chi connectivity index (χ1v) is 5.34. The second-order valence-electron chi connectivity index (χ2n) is 3.16. The first kappa shape index (κ1) is 9.27. The summed E-state index contributed by atoms with van der Waals surface area (Å²) in [5.41, 5.74) is 0. The number of allylic oxidation sites excluding steroid dienone is 1. The van der Waals surface area contributed by atoms with Crippen molar-refractivity contribution in [1.29, 1.82) is 0 Å². The van der Waals surface area contributed by atoms with Crippen molar-refractivity contribution in [2.75, 3.05) is 6.54 Å². The topological polar surface area (TPSA) is 38.3 Å². The normalized spacial score (nSPS) is 23.2. The van der Waals surface area contributed by atoms with E-state index >= 15 is 0 Å². The molecule has 1 aliphatic rings. The molecule has 1 aromatic heterocycles. The van der Waals surface area contributed by atoms with Crippen molar-refractivity contribution >= 4 is 17.1 Å². The van der Waals surface area contributed by atoms with Crippen LogP contribution in [0.4, 0.5) is 0 Å². The van der Waals surface area contributed by atoms with Crippen LogP contribution in [0.2, 0.25) is 0 Å². The van der Waals surface area contributed by atoms with Crippen molar-refractivity contribution in [3.05, 3.63) is 34.3 Å². The summed E-state index contributed by atoms with van der Waals surface area (Å²) in [6.45, 7) is 2.73. The second kappa shape index (κ2) is 3.84. The van der Waals surface area contributed by atoms with Gasteiger partial charge in [0, 0.05) is 6.08 Å². The largest absolute Gasteiger partial charge is 0.474 e. The fourth-order valence-electron chi connectivity index (χ4n) is 1.24. The van der Waals surface area contributed by atoms with Gasteiger partial charge in [-0.1, -0.05) is 6.07 Å². The molecule has 4 heteroatoms. The molecule has 0 saturated carbocycles. The highest BCUT2D eigenvalue weighted by atomic mass is 32.1. The molecule has 1 aromatic rings. The Morgan fingerprint density at radius 2 is 2.64 bits per heavy atom. The van der Waals surface area contributed by atoms with E-state index in [1.165, 1.54) is 17.4 Å². The average Bonchev–Trinajstić information content (AvgIpc) is 2.75. The quantitative estimate of drug-likeness (QED) is 0.596. The van der Waals surface area contributed by atoms with Gasteiger partial charge in [-0.3, -0.25) is 4.79 Å². The maximum Gasteiger partial charge on any atom is 0.201 e. The maximum atomic E-state index is 11.6. The van der Waals surface area contributed by atoms with E-state index in [9.17, 15) is 4.79 Å². The molecule has 2 heterocycles. The summed E-state index contributed by atoms with van der Waals surface area (Å²) < 4.78 is 5.36. The molecular formula is C10H11NO2S. The predicted molar refractivity (Wildman–Crippen MR) is 55.3 cm³/mol. The molecule has 74 valence electrons. The Hall–Kier alpha value is -1.29. The molecule has 0 bridgehead atoms. The van der Waals surface area contributed by atoms with Crippen molar-refractivity contribution in [2.45, 2.75) is 13.0 Å². The van der Waals surface area contributed by atoms with Gasteiger partial charge in [0.2, 0.25) is 5.78 Å². The molecule has 0 amide bonds. The van der Waals surface area contributed by atoms with Gasteiger partial charge in [0.15, 0.2) is 5.88 Å². The van der Waals surface area contributed by atoms with Gasteiger partial charge in [0.1, 0.15) is 6.10 Å². The van der Waals surface area contributed by atoms with Gasteiger partial charge in [0.25, 0.3) is 0 Å². The molecule has 1 unspecified atom stereocenters. The molecule has 14 heavy (non-hydrogen) atoms. The third kappa shape index (κ3) is 1.96. The summed E-state index contributed by atoms with van der Waals surface area (Å²) in [7, 11) is 0. The number of hydrogen-bond donors (Lipinski definition) is 1. The lowest BCUT2D eigenvalue weighted by molar-refractivity contribution is 0.104. The maximum absolute atomic E-state index is 11.6. The van der Waals surface area contributed by atoms with Crippen LogP contribution in [0.3, 0.4) is 0 Å². The Morgan fingerprint density at radius 1 is 1.79 bits per heavy atom. The molecule has 0 spiro atoms. The molecular weight excluding hydrogens is 198 g/mol. The molecule has 1 fully saturated rings. The SMILES string of the molecule is CC1CN/C(=C\C(=O)c2cccs2)O1. The van der Waals surface area contributed by atoms with Crippen LogP contribution in [0.15, 0.2) is 29.5 Å². The molecule has 1 saturated heterocycles. The van der Waals surface area contributed by atoms with E-state index in [2.05, 4.69) is 5.32 Å². The highest BCUT2D eigenvalue weighted by Crippen LogP contribution is 2.13. The van der Waals surface area contributed by atoms with E-state index in [1.54, 1.807) is 0 Å². The molecule has 0 aromatic carbocycles. The predicted octanol–water partition coefficient (Wildman–Crippen LogP) is 1.78. The van der Waals surface area contributed by atoms with Gasteiger partial charge in [-0.25, -0.2) is 0 Å². The number of carbonyl (C=O) groups is 1. The number of hydrogen-bond acceptors (Lipinski definition) is 4. The molecule has 2 rings (SSSR count). The zero-order chi connectivity index (χ0) is 9.97. The summed E-state index contributed by atoms with van der Waals surface area (Å²) in [6, 6.07) is 3.67. The highest BCUT2D eigenvalue weighted by molar-refractivity contribution is 7.12. The Morgan fingerprint density at radius 3 is 3.21 bits per heavy atom. The van der Waals surface area contributed by atoms with Crippen LogP contribution in [-0.2, 0) is 4.74 Å². The minimum atomic E-state index is -0.00315. The summed E-state index contributed by atoms with van der Waals surface area (Å²) in [6.07, 6.45) is 1.66. The summed E-state index contributed by atoms with van der Waals surface area (Å²) in [4.78, 5) is 12.3. The van der Waals surface area contributed by atoms with E-state index in [-0.39, 0.29) is 11.9 Å². The number of rotatable bonds is 2. The average molecular weight is 209 g/mol. The minimum absolute atomic E-state index is 0.00315. The lowest BCUT2D eigenvalue weighted by Crippen LogP contribution is -2.09. The lowest BCUT2D eigenvalue weighted by Gasteiger charge is -1.99. The number of carbonyl (C=O) groups excluding carboxylic acids is 1. The number of ether oxygens (including phenoxy) is 1. The Kier molecular flexibility index (Phi) is 2.54. The third-order valence-corrected chi connectivity index (χ3v) is 2.80. The van der Waals surface area contributed by atoms with Gasteiger partial charge < -0.3 is 10.1 Å². The van der Waals surface area contributed by atoms with Crippen LogP contribution in [0.1, 0.15) is 16.6 Å². The van der Waals surface area contributed by atoms with Crippen molar-refractivity contribution < 1.29 is 9.53 Å². The monoisotopic (exact) mass is 209 g/mol. The Balaban J connectivity index is 2.07. The lowest BCUT2D eigenvalue weighted by atomic mass is 10.3. The van der Waals surface area contributed by atoms with Gasteiger partial charge in [-0.2, -0.15) is 0 Å². The highest BCUT2D eigenvalue weighted by Gasteiger charge is 2.16. The first-order chi connectivity index (χ1) is 6.75. The number of nitrogens with one attached hydrogen (secondary N) is 1. The van der Waals surface area contributed by atoms with Crippen LogP contribution in [0.5, 0.6) is 0 Å². The number of thiophene rings is 1. The Labute approximate surface area is 86.4 Å². The zero-order valence-corrected chi connectivity index (χ0v) is 8.64. The minimum Gasteiger partial charge on any atom is -0.474 e. The molecule has 0 radical (unpaired) electrons. The fourth-order valence-corrected chi connectivity index (χ4v) is 1.87. The van der Waals surface area contributed by atoms with Crippen LogP contribution in [0, 0.1) is 0 Å². The summed E-state index contributed by atoms with van der Waals surface area (Å²) in [5, 5.41) is 4.91. The summed E-state index contributed by atoms with van der Waals surface area (Å²) >= 11 is 1.44. The van der Waals surface area contributed by atoms with E-state index < -0.39 is 0 Å². The van der Waals surface area contributed by atoms with Crippen LogP contribution in [-0.4, -0.2) is 18.4 Å². The van der Waals surface area contributed by atoms with E-state index in [0.29, 0.717) is 5.88 Å². The second-order valence-corrected chi connectivity index (χ2v) is 4.11. The van der Waals surface area contributed by atoms with Gasteiger partial charge in [0.05, 0.1) is 11.4 Å². The van der Waals surface area contributed by atoms with Gasteiger partial charge >= 0.3 is 0 Å². The first-order valence-electron chi connectivity index (χ1n) is 4.46. The Bertz CT molecular complexity index is 356. The van der Waals surface area contributed by atoms with Crippen molar-refractivity contribution in [3.8, 4) is 0 Å². The standard InChI is InChI=1S/C10H11NO2S/c1-7-6-11-10(13-7)5-8(12)9-3-2-4-14-9/h2-5,7,11H,6H2,1H3/b10-5+. The van der Waals surface area contributed by atoms with Crippen LogP contribution < -0.4 is 5.32 Å². The van der Waals surface area contributed by atoms with Gasteiger partial charge in [-0.15, -0.1) is 11.3 Å². The van der Waals surface area contributed by atoms with Crippen molar-refractivity contribution in [2.24, 2.45) is 0 Å². The van der Waals surface area contributed by atoms with Crippen molar-refractivity contribution in [3.63, 3.8) is 0 Å². The molecule has 1 atom stereocenters. The third-order valence-electron chi connectivity index (χ3n) is 1.92. The molecule has 1 N–H and O–H groups in total. The van der Waals surface area contributed by atoms with Gasteiger partial charge in [-0.05, 0) is 18.4 Å². The number of ketones is 1. The molecule has 3 nitrogen and oxygen atoms in total. The summed E-state index contributed by atoms with van der Waals surface area (Å²) in [5.74, 6) is 0.576. The molecule has 0 aliphatic carbocycles. The van der Waals surface area contributed by atoms with E-state index in [4.69, 9.17) is 4.74 Å². The fraction of sp³-hybridized carbons (Fsp3) is 0.300. The van der Waals surface area contributed by atoms with E-state index in [0.717, 1.165) is 11.4 Å². The van der Waals surface area contributed by atoms with E-state index in [1.807, 2.05) is 24.4 Å². The van der Waals surface area contributed by atoms with Crippen molar-refractivity contribution in [1.82, 2.24) is 5.32 Å². The molecule has 1 aliphatic heterocycles. The van der Waals surface area contributed by atoms with Crippen LogP contribution >= 0.6 is 11.3 Å². The van der Waals surface area contributed by atoms with Crippen LogP contribution in [0.25, 0.3) is 0 Å². The zero-order valence-electron chi connectivity index (χ0n) is 7.82. The smallest absolute Gasteiger partial charge is 0.201 e.